The average molecular weight is 362 g/mol. The molecule has 0 unspecified atom stereocenters. The van der Waals surface area contributed by atoms with E-state index in [0.717, 1.165) is 28.0 Å². The van der Waals surface area contributed by atoms with E-state index in [2.05, 4.69) is 79.4 Å². The molecular formula is C27H22O. The minimum absolute atomic E-state index is 0.751. The Morgan fingerprint density at radius 1 is 0.536 bits per heavy atom. The second-order valence-corrected chi connectivity index (χ2v) is 6.65. The molecule has 136 valence electrons. The summed E-state index contributed by atoms with van der Waals surface area (Å²) in [7, 11) is 0. The van der Waals surface area contributed by atoms with Crippen LogP contribution in [0.5, 0.6) is 5.75 Å². The van der Waals surface area contributed by atoms with Crippen molar-refractivity contribution in [2.75, 3.05) is 0 Å². The molecular weight excluding hydrogens is 340 g/mol. The van der Waals surface area contributed by atoms with Crippen molar-refractivity contribution in [1.29, 1.82) is 0 Å². The Labute approximate surface area is 166 Å². The monoisotopic (exact) mass is 362 g/mol. The molecule has 0 spiro atoms. The molecule has 0 N–H and O–H groups in total. The van der Waals surface area contributed by atoms with E-state index in [1.807, 2.05) is 48.5 Å². The van der Waals surface area contributed by atoms with Crippen LogP contribution in [0.25, 0.3) is 6.08 Å². The highest BCUT2D eigenvalue weighted by molar-refractivity contribution is 5.51. The van der Waals surface area contributed by atoms with Crippen molar-refractivity contribution in [3.63, 3.8) is 0 Å². The van der Waals surface area contributed by atoms with E-state index in [0.29, 0.717) is 0 Å². The number of benzene rings is 4. The lowest BCUT2D eigenvalue weighted by Crippen LogP contribution is -2.36. The first-order valence-electron chi connectivity index (χ1n) is 9.41. The molecule has 0 aliphatic heterocycles. The van der Waals surface area contributed by atoms with Crippen molar-refractivity contribution in [2.45, 2.75) is 5.60 Å². The van der Waals surface area contributed by atoms with Crippen molar-refractivity contribution in [1.82, 2.24) is 0 Å². The van der Waals surface area contributed by atoms with E-state index in [1.54, 1.807) is 0 Å². The highest BCUT2D eigenvalue weighted by atomic mass is 16.5. The fourth-order valence-electron chi connectivity index (χ4n) is 3.54. The second-order valence-electron chi connectivity index (χ2n) is 6.65. The summed E-state index contributed by atoms with van der Waals surface area (Å²) in [4.78, 5) is 0. The summed E-state index contributed by atoms with van der Waals surface area (Å²) in [5, 5.41) is 0. The van der Waals surface area contributed by atoms with Gasteiger partial charge in [-0.15, -0.1) is 0 Å². The van der Waals surface area contributed by atoms with Gasteiger partial charge in [0.25, 0.3) is 0 Å². The van der Waals surface area contributed by atoms with Gasteiger partial charge in [0.15, 0.2) is 5.60 Å². The molecule has 0 heterocycles. The molecule has 0 bridgehead atoms. The average Bonchev–Trinajstić information content (AvgIpc) is 2.80. The number of rotatable bonds is 6. The molecule has 0 fully saturated rings. The zero-order chi connectivity index (χ0) is 19.2. The first kappa shape index (κ1) is 17.8. The van der Waals surface area contributed by atoms with Crippen LogP contribution in [0.4, 0.5) is 0 Å². The molecule has 0 saturated carbocycles. The van der Waals surface area contributed by atoms with Crippen molar-refractivity contribution in [2.24, 2.45) is 0 Å². The molecule has 4 rings (SSSR count). The highest BCUT2D eigenvalue weighted by Crippen LogP contribution is 2.41. The van der Waals surface area contributed by atoms with Gasteiger partial charge < -0.3 is 4.74 Å². The van der Waals surface area contributed by atoms with Crippen LogP contribution in [0.15, 0.2) is 122 Å². The predicted octanol–water partition coefficient (Wildman–Crippen LogP) is 6.70. The van der Waals surface area contributed by atoms with Crippen LogP contribution < -0.4 is 4.74 Å². The molecule has 4 aromatic rings. The lowest BCUT2D eigenvalue weighted by Gasteiger charge is -2.36. The molecule has 0 saturated heterocycles. The van der Waals surface area contributed by atoms with Crippen molar-refractivity contribution in [3.05, 3.63) is 144 Å². The van der Waals surface area contributed by atoms with Gasteiger partial charge >= 0.3 is 0 Å². The molecule has 0 aromatic heterocycles. The Morgan fingerprint density at radius 2 is 0.929 bits per heavy atom. The standard InChI is InChI=1S/C27H22O/c1-2-22-18-20-26(21-19-22)28-27(23-12-6-3-7-13-23,24-14-8-4-9-15-24)25-16-10-5-11-17-25/h2-21H,1H2. The minimum atomic E-state index is -0.751. The summed E-state index contributed by atoms with van der Waals surface area (Å²) in [5.74, 6) is 0.808. The molecule has 1 heteroatoms. The Hall–Kier alpha value is -3.58. The van der Waals surface area contributed by atoms with Gasteiger partial charge in [-0.2, -0.15) is 0 Å². The SMILES string of the molecule is C=Cc1ccc(OC(c2ccccc2)(c2ccccc2)c2ccccc2)cc1. The minimum Gasteiger partial charge on any atom is -0.473 e. The van der Waals surface area contributed by atoms with Crippen LogP contribution in [-0.4, -0.2) is 0 Å². The van der Waals surface area contributed by atoms with E-state index in [4.69, 9.17) is 4.74 Å². The summed E-state index contributed by atoms with van der Waals surface area (Å²) in [6.45, 7) is 3.84. The first-order chi connectivity index (χ1) is 13.8. The first-order valence-corrected chi connectivity index (χ1v) is 9.41. The third kappa shape index (κ3) is 3.35. The van der Waals surface area contributed by atoms with Crippen LogP contribution in [0, 0.1) is 0 Å². The van der Waals surface area contributed by atoms with E-state index in [9.17, 15) is 0 Å². The van der Waals surface area contributed by atoms with Gasteiger partial charge in [-0.05, 0) is 17.7 Å². The molecule has 28 heavy (non-hydrogen) atoms. The smallest absolute Gasteiger partial charge is 0.184 e. The van der Waals surface area contributed by atoms with E-state index < -0.39 is 5.60 Å². The summed E-state index contributed by atoms with van der Waals surface area (Å²) >= 11 is 0. The fourth-order valence-corrected chi connectivity index (χ4v) is 3.54. The van der Waals surface area contributed by atoms with E-state index in [1.165, 1.54) is 0 Å². The molecule has 4 aromatic carbocycles. The summed E-state index contributed by atoms with van der Waals surface area (Å²) < 4.78 is 6.83. The van der Waals surface area contributed by atoms with Gasteiger partial charge in [-0.1, -0.05) is 116 Å². The summed E-state index contributed by atoms with van der Waals surface area (Å²) in [6, 6.07) is 39.2. The Balaban J connectivity index is 1.96. The molecule has 0 atom stereocenters. The van der Waals surface area contributed by atoms with Crippen molar-refractivity contribution >= 4 is 6.08 Å². The fraction of sp³-hybridized carbons (Fsp3) is 0.0370. The number of hydrogen-bond acceptors (Lipinski definition) is 1. The molecule has 0 amide bonds. The number of hydrogen-bond donors (Lipinski definition) is 0. The zero-order valence-corrected chi connectivity index (χ0v) is 15.7. The van der Waals surface area contributed by atoms with Gasteiger partial charge in [0, 0.05) is 16.7 Å². The lowest BCUT2D eigenvalue weighted by molar-refractivity contribution is 0.155. The largest absolute Gasteiger partial charge is 0.473 e. The number of ether oxygens (including phenoxy) is 1. The van der Waals surface area contributed by atoms with Gasteiger partial charge in [0.05, 0.1) is 0 Å². The maximum atomic E-state index is 6.83. The topological polar surface area (TPSA) is 9.23 Å². The van der Waals surface area contributed by atoms with Gasteiger partial charge in [0.2, 0.25) is 0 Å². The molecule has 0 radical (unpaired) electrons. The summed E-state index contributed by atoms with van der Waals surface area (Å²) in [5.41, 5.74) is 3.57. The third-order valence-corrected chi connectivity index (χ3v) is 4.93. The van der Waals surface area contributed by atoms with Crippen LogP contribution >= 0.6 is 0 Å². The van der Waals surface area contributed by atoms with Crippen molar-refractivity contribution in [3.8, 4) is 5.75 Å². The van der Waals surface area contributed by atoms with E-state index >= 15 is 0 Å². The second kappa shape index (κ2) is 7.98. The van der Waals surface area contributed by atoms with Crippen LogP contribution in [0.1, 0.15) is 22.3 Å². The summed E-state index contributed by atoms with van der Waals surface area (Å²) in [6.07, 6.45) is 1.84. The highest BCUT2D eigenvalue weighted by Gasteiger charge is 2.38. The third-order valence-electron chi connectivity index (χ3n) is 4.93. The molecule has 0 aliphatic rings. The molecule has 1 nitrogen and oxygen atoms in total. The van der Waals surface area contributed by atoms with Gasteiger partial charge in [0.1, 0.15) is 5.75 Å². The Morgan fingerprint density at radius 3 is 1.29 bits per heavy atom. The van der Waals surface area contributed by atoms with Crippen LogP contribution in [-0.2, 0) is 5.60 Å². The van der Waals surface area contributed by atoms with E-state index in [-0.39, 0.29) is 0 Å². The van der Waals surface area contributed by atoms with Crippen LogP contribution in [0.3, 0.4) is 0 Å². The molecule has 0 aliphatic carbocycles. The van der Waals surface area contributed by atoms with Gasteiger partial charge in [-0.3, -0.25) is 0 Å². The zero-order valence-electron chi connectivity index (χ0n) is 15.7. The van der Waals surface area contributed by atoms with Crippen molar-refractivity contribution < 1.29 is 4.74 Å². The maximum absolute atomic E-state index is 6.83. The maximum Gasteiger partial charge on any atom is 0.184 e. The normalized spacial score (nSPS) is 11.0. The lowest BCUT2D eigenvalue weighted by atomic mass is 9.80. The van der Waals surface area contributed by atoms with Crippen LogP contribution in [0.2, 0.25) is 0 Å². The predicted molar refractivity (Wildman–Crippen MR) is 116 cm³/mol. The van der Waals surface area contributed by atoms with Gasteiger partial charge in [-0.25, -0.2) is 0 Å². The quantitative estimate of drug-likeness (QED) is 0.347. The Kier molecular flexibility index (Phi) is 5.07. The Bertz CT molecular complexity index is 923.